The second-order valence-electron chi connectivity index (χ2n) is 4.10. The average molecular weight is 277 g/mol. The molecule has 5 heteroatoms. The Morgan fingerprint density at radius 2 is 2.05 bits per heavy atom. The SMILES string of the molecule is CCNC(c1ccc(CC)s1)c1nccnc1OC. The van der Waals surface area contributed by atoms with Crippen LogP contribution >= 0.6 is 11.3 Å². The Bertz CT molecular complexity index is 527. The first-order valence-electron chi connectivity index (χ1n) is 6.47. The first kappa shape index (κ1) is 14.0. The molecule has 0 amide bonds. The summed E-state index contributed by atoms with van der Waals surface area (Å²) in [4.78, 5) is 11.3. The molecule has 1 atom stereocenters. The van der Waals surface area contributed by atoms with Crippen LogP contribution in [-0.4, -0.2) is 23.6 Å². The van der Waals surface area contributed by atoms with Crippen LogP contribution in [0, 0.1) is 0 Å². The lowest BCUT2D eigenvalue weighted by Crippen LogP contribution is -2.23. The number of nitrogens with zero attached hydrogens (tertiary/aromatic N) is 2. The molecule has 0 aliphatic heterocycles. The van der Waals surface area contributed by atoms with E-state index in [2.05, 4.69) is 41.3 Å². The molecule has 0 fully saturated rings. The Labute approximate surface area is 117 Å². The molecule has 0 saturated carbocycles. The van der Waals surface area contributed by atoms with Crippen molar-refractivity contribution in [3.8, 4) is 5.88 Å². The maximum Gasteiger partial charge on any atom is 0.237 e. The number of hydrogen-bond acceptors (Lipinski definition) is 5. The summed E-state index contributed by atoms with van der Waals surface area (Å²) in [7, 11) is 1.63. The van der Waals surface area contributed by atoms with Crippen LogP contribution in [0.3, 0.4) is 0 Å². The van der Waals surface area contributed by atoms with E-state index < -0.39 is 0 Å². The minimum Gasteiger partial charge on any atom is -0.480 e. The van der Waals surface area contributed by atoms with Crippen LogP contribution in [0.4, 0.5) is 0 Å². The summed E-state index contributed by atoms with van der Waals surface area (Å²) in [6.07, 6.45) is 4.41. The van der Waals surface area contributed by atoms with Gasteiger partial charge < -0.3 is 10.1 Å². The van der Waals surface area contributed by atoms with E-state index in [1.165, 1.54) is 9.75 Å². The van der Waals surface area contributed by atoms with E-state index >= 15 is 0 Å². The molecule has 19 heavy (non-hydrogen) atoms. The smallest absolute Gasteiger partial charge is 0.237 e. The van der Waals surface area contributed by atoms with Crippen LogP contribution in [0.5, 0.6) is 5.88 Å². The van der Waals surface area contributed by atoms with Crippen LogP contribution in [0.1, 0.15) is 35.3 Å². The van der Waals surface area contributed by atoms with Crippen molar-refractivity contribution in [3.05, 3.63) is 40.0 Å². The van der Waals surface area contributed by atoms with Gasteiger partial charge >= 0.3 is 0 Å². The van der Waals surface area contributed by atoms with Crippen molar-refractivity contribution in [2.75, 3.05) is 13.7 Å². The standard InChI is InChI=1S/C14H19N3OS/c1-4-10-6-7-11(19-10)12(15-5-2)13-14(18-3)17-9-8-16-13/h6-9,12,15H,4-5H2,1-3H3. The van der Waals surface area contributed by atoms with Gasteiger partial charge in [-0.3, -0.25) is 4.98 Å². The number of ether oxygens (including phenoxy) is 1. The number of thiophene rings is 1. The molecule has 4 nitrogen and oxygen atoms in total. The minimum atomic E-state index is 0.0407. The predicted octanol–water partition coefficient (Wildman–Crippen LogP) is 2.81. The number of methoxy groups -OCH3 is 1. The lowest BCUT2D eigenvalue weighted by molar-refractivity contribution is 0.383. The van der Waals surface area contributed by atoms with Gasteiger partial charge in [0.15, 0.2) is 0 Å². The Balaban J connectivity index is 2.38. The largest absolute Gasteiger partial charge is 0.480 e. The molecule has 0 bridgehead atoms. The van der Waals surface area contributed by atoms with Gasteiger partial charge in [-0.15, -0.1) is 11.3 Å². The zero-order valence-corrected chi connectivity index (χ0v) is 12.3. The summed E-state index contributed by atoms with van der Waals surface area (Å²) in [5.41, 5.74) is 0.844. The molecule has 0 aliphatic rings. The molecule has 0 saturated heterocycles. The summed E-state index contributed by atoms with van der Waals surface area (Å²) < 4.78 is 5.32. The zero-order chi connectivity index (χ0) is 13.7. The predicted molar refractivity (Wildman–Crippen MR) is 77.8 cm³/mol. The van der Waals surface area contributed by atoms with Crippen LogP contribution in [0.2, 0.25) is 0 Å². The van der Waals surface area contributed by atoms with Crippen molar-refractivity contribution in [1.29, 1.82) is 0 Å². The topological polar surface area (TPSA) is 47.0 Å². The first-order chi connectivity index (χ1) is 9.30. The summed E-state index contributed by atoms with van der Waals surface area (Å²) in [6, 6.07) is 4.37. The summed E-state index contributed by atoms with van der Waals surface area (Å²) in [5.74, 6) is 0.583. The van der Waals surface area contributed by atoms with Crippen molar-refractivity contribution in [3.63, 3.8) is 0 Å². The Morgan fingerprint density at radius 1 is 1.26 bits per heavy atom. The van der Waals surface area contributed by atoms with E-state index in [0.717, 1.165) is 18.7 Å². The average Bonchev–Trinajstić information content (AvgIpc) is 2.93. The maximum atomic E-state index is 5.32. The van der Waals surface area contributed by atoms with Crippen molar-refractivity contribution < 1.29 is 4.74 Å². The molecule has 0 spiro atoms. The zero-order valence-electron chi connectivity index (χ0n) is 11.5. The first-order valence-corrected chi connectivity index (χ1v) is 7.28. The fraction of sp³-hybridized carbons (Fsp3) is 0.429. The van der Waals surface area contributed by atoms with Gasteiger partial charge in [0.1, 0.15) is 5.69 Å². The molecule has 2 aromatic heterocycles. The minimum absolute atomic E-state index is 0.0407. The lowest BCUT2D eigenvalue weighted by Gasteiger charge is -2.17. The van der Waals surface area contributed by atoms with E-state index in [1.807, 2.05) is 11.3 Å². The van der Waals surface area contributed by atoms with Gasteiger partial charge in [0.05, 0.1) is 13.2 Å². The molecule has 1 N–H and O–H groups in total. The number of aromatic nitrogens is 2. The third-order valence-corrected chi connectivity index (χ3v) is 4.18. The quantitative estimate of drug-likeness (QED) is 0.882. The highest BCUT2D eigenvalue weighted by atomic mass is 32.1. The van der Waals surface area contributed by atoms with Crippen LogP contribution < -0.4 is 10.1 Å². The molecular weight excluding hydrogens is 258 g/mol. The third-order valence-electron chi connectivity index (χ3n) is 2.88. The highest BCUT2D eigenvalue weighted by Gasteiger charge is 2.21. The monoisotopic (exact) mass is 277 g/mol. The second-order valence-corrected chi connectivity index (χ2v) is 5.30. The third kappa shape index (κ3) is 3.11. The van der Waals surface area contributed by atoms with Crippen LogP contribution in [0.25, 0.3) is 0 Å². The van der Waals surface area contributed by atoms with Crippen molar-refractivity contribution in [1.82, 2.24) is 15.3 Å². The fourth-order valence-electron chi connectivity index (χ4n) is 1.97. The molecule has 2 heterocycles. The van der Waals surface area contributed by atoms with Gasteiger partial charge in [0.2, 0.25) is 5.88 Å². The van der Waals surface area contributed by atoms with Crippen molar-refractivity contribution >= 4 is 11.3 Å². The van der Waals surface area contributed by atoms with Gasteiger partial charge in [-0.25, -0.2) is 4.98 Å². The van der Waals surface area contributed by atoms with Gasteiger partial charge in [-0.1, -0.05) is 13.8 Å². The number of rotatable bonds is 6. The molecule has 2 aromatic rings. The van der Waals surface area contributed by atoms with E-state index in [0.29, 0.717) is 5.88 Å². The number of hydrogen-bond donors (Lipinski definition) is 1. The van der Waals surface area contributed by atoms with E-state index in [4.69, 9.17) is 4.74 Å². The van der Waals surface area contributed by atoms with Gasteiger partial charge in [-0.2, -0.15) is 0 Å². The molecule has 102 valence electrons. The highest BCUT2D eigenvalue weighted by Crippen LogP contribution is 2.31. The Hall–Kier alpha value is -1.46. The van der Waals surface area contributed by atoms with Crippen molar-refractivity contribution in [2.24, 2.45) is 0 Å². The molecule has 0 aliphatic carbocycles. The summed E-state index contributed by atoms with van der Waals surface area (Å²) in [5, 5.41) is 3.46. The normalized spacial score (nSPS) is 12.4. The van der Waals surface area contributed by atoms with E-state index in [1.54, 1.807) is 19.5 Å². The summed E-state index contributed by atoms with van der Waals surface area (Å²) >= 11 is 1.81. The maximum absolute atomic E-state index is 5.32. The highest BCUT2D eigenvalue weighted by molar-refractivity contribution is 7.12. The van der Waals surface area contributed by atoms with Crippen molar-refractivity contribution in [2.45, 2.75) is 26.3 Å². The number of nitrogens with one attached hydrogen (secondary N) is 1. The van der Waals surface area contributed by atoms with E-state index in [-0.39, 0.29) is 6.04 Å². The van der Waals surface area contributed by atoms with Crippen LogP contribution in [-0.2, 0) is 6.42 Å². The van der Waals surface area contributed by atoms with Crippen LogP contribution in [0.15, 0.2) is 24.5 Å². The Morgan fingerprint density at radius 3 is 2.68 bits per heavy atom. The molecule has 0 radical (unpaired) electrons. The lowest BCUT2D eigenvalue weighted by atomic mass is 10.1. The molecular formula is C14H19N3OS. The molecule has 1 unspecified atom stereocenters. The Kier molecular flexibility index (Phi) is 4.87. The second kappa shape index (κ2) is 6.63. The van der Waals surface area contributed by atoms with Gasteiger partial charge in [-0.05, 0) is 25.1 Å². The fourth-order valence-corrected chi connectivity index (χ4v) is 3.00. The molecule has 2 rings (SSSR count). The van der Waals surface area contributed by atoms with Gasteiger partial charge in [0.25, 0.3) is 0 Å². The summed E-state index contributed by atoms with van der Waals surface area (Å²) in [6.45, 7) is 5.12. The van der Waals surface area contributed by atoms with E-state index in [9.17, 15) is 0 Å². The molecule has 0 aromatic carbocycles. The number of aryl methyl sites for hydroxylation is 1. The van der Waals surface area contributed by atoms with Gasteiger partial charge in [0, 0.05) is 22.1 Å².